The molecule has 204 valence electrons. The highest BCUT2D eigenvalue weighted by molar-refractivity contribution is 5.87. The van der Waals surface area contributed by atoms with Gasteiger partial charge in [-0.2, -0.15) is 0 Å². The van der Waals surface area contributed by atoms with E-state index in [0.717, 1.165) is 24.3 Å². The van der Waals surface area contributed by atoms with Crippen LogP contribution in [0.15, 0.2) is 72.8 Å². The molecule has 1 aliphatic carbocycles. The third-order valence-corrected chi connectivity index (χ3v) is 6.88. The van der Waals surface area contributed by atoms with E-state index in [1.807, 2.05) is 24.3 Å². The normalized spacial score (nSPS) is 18.2. The van der Waals surface area contributed by atoms with E-state index < -0.39 is 11.9 Å². The van der Waals surface area contributed by atoms with Gasteiger partial charge in [0.15, 0.2) is 0 Å². The first-order valence-electron chi connectivity index (χ1n) is 13.2. The lowest BCUT2D eigenvalue weighted by Gasteiger charge is -2.44. The molecule has 2 unspecified atom stereocenters. The first kappa shape index (κ1) is 29.0. The van der Waals surface area contributed by atoms with Gasteiger partial charge in [0.05, 0.1) is 0 Å². The molecule has 1 aliphatic rings. The fourth-order valence-corrected chi connectivity index (χ4v) is 5.34. The Morgan fingerprint density at radius 1 is 0.711 bits per heavy atom. The Morgan fingerprint density at radius 3 is 1.42 bits per heavy atom. The highest BCUT2D eigenvalue weighted by atomic mass is 16.6. The van der Waals surface area contributed by atoms with Crippen molar-refractivity contribution in [3.8, 4) is 11.5 Å². The number of hydrogen-bond donors (Lipinski definition) is 0. The summed E-state index contributed by atoms with van der Waals surface area (Å²) in [6.45, 7) is 16.0. The van der Waals surface area contributed by atoms with Gasteiger partial charge in [0, 0.05) is 16.6 Å². The molecule has 0 aromatic heterocycles. The second kappa shape index (κ2) is 13.3. The molecular weight excluding hydrogens is 480 g/mol. The zero-order chi connectivity index (χ0) is 27.7. The predicted octanol–water partition coefficient (Wildman–Crippen LogP) is 6.43. The Hall–Kier alpha value is -3.54. The second-order valence-corrected chi connectivity index (χ2v) is 10.5. The van der Waals surface area contributed by atoms with Crippen LogP contribution in [0.4, 0.5) is 0 Å². The summed E-state index contributed by atoms with van der Waals surface area (Å²) < 4.78 is 21.8. The van der Waals surface area contributed by atoms with Gasteiger partial charge in [-0.05, 0) is 80.3 Å². The highest BCUT2D eigenvalue weighted by Crippen LogP contribution is 2.49. The molecule has 0 amide bonds. The van der Waals surface area contributed by atoms with Crippen LogP contribution in [0.2, 0.25) is 0 Å². The quantitative estimate of drug-likeness (QED) is 0.183. The van der Waals surface area contributed by atoms with Crippen molar-refractivity contribution in [3.05, 3.63) is 84.0 Å². The average molecular weight is 521 g/mol. The van der Waals surface area contributed by atoms with Crippen molar-refractivity contribution in [2.75, 3.05) is 26.4 Å². The molecule has 0 spiro atoms. The third-order valence-electron chi connectivity index (χ3n) is 6.88. The van der Waals surface area contributed by atoms with Gasteiger partial charge in [-0.3, -0.25) is 0 Å². The van der Waals surface area contributed by atoms with Crippen LogP contribution >= 0.6 is 0 Å². The molecule has 38 heavy (non-hydrogen) atoms. The maximum Gasteiger partial charge on any atom is 0.333 e. The molecule has 0 saturated heterocycles. The van der Waals surface area contributed by atoms with Crippen LogP contribution in [0.3, 0.4) is 0 Å². The molecule has 2 aromatic rings. The lowest BCUT2D eigenvalue weighted by molar-refractivity contribution is -0.140. The Morgan fingerprint density at radius 2 is 1.08 bits per heavy atom. The molecule has 2 atom stereocenters. The van der Waals surface area contributed by atoms with E-state index in [1.54, 1.807) is 13.8 Å². The molecule has 0 N–H and O–H groups in total. The number of rotatable bonds is 12. The predicted molar refractivity (Wildman–Crippen MR) is 148 cm³/mol. The van der Waals surface area contributed by atoms with Crippen LogP contribution in [0.25, 0.3) is 0 Å². The summed E-state index contributed by atoms with van der Waals surface area (Å²) in [4.78, 5) is 23.0. The SMILES string of the molecule is C=C(C)C(=O)OCCOc1ccc(C2(c3ccc(OCCOC(=O)C(=C)C)cc3)CC(C)CC(C)C2)cc1. The summed E-state index contributed by atoms with van der Waals surface area (Å²) in [5, 5.41) is 0. The lowest BCUT2D eigenvalue weighted by Crippen LogP contribution is -2.36. The van der Waals surface area contributed by atoms with Gasteiger partial charge in [0.1, 0.15) is 37.9 Å². The number of benzene rings is 2. The molecule has 1 saturated carbocycles. The monoisotopic (exact) mass is 520 g/mol. The number of carbonyl (C=O) groups excluding carboxylic acids is 2. The van der Waals surface area contributed by atoms with Gasteiger partial charge in [0.2, 0.25) is 0 Å². The maximum atomic E-state index is 11.5. The van der Waals surface area contributed by atoms with E-state index in [0.29, 0.717) is 23.0 Å². The van der Waals surface area contributed by atoms with E-state index in [4.69, 9.17) is 18.9 Å². The van der Waals surface area contributed by atoms with E-state index in [2.05, 4.69) is 51.3 Å². The number of hydrogen-bond acceptors (Lipinski definition) is 6. The Kier molecular flexibility index (Phi) is 10.2. The first-order valence-corrected chi connectivity index (χ1v) is 13.2. The summed E-state index contributed by atoms with van der Waals surface area (Å²) in [6.07, 6.45) is 3.34. The molecule has 1 fully saturated rings. The number of esters is 2. The van der Waals surface area contributed by atoms with Crippen molar-refractivity contribution < 1.29 is 28.5 Å². The van der Waals surface area contributed by atoms with Crippen LogP contribution in [-0.2, 0) is 24.5 Å². The van der Waals surface area contributed by atoms with Crippen LogP contribution in [-0.4, -0.2) is 38.4 Å². The Labute approximate surface area is 226 Å². The van der Waals surface area contributed by atoms with Crippen molar-refractivity contribution in [2.45, 2.75) is 52.4 Å². The van der Waals surface area contributed by atoms with Crippen LogP contribution in [0.5, 0.6) is 11.5 Å². The third kappa shape index (κ3) is 7.73. The van der Waals surface area contributed by atoms with E-state index in [1.165, 1.54) is 17.5 Å². The van der Waals surface area contributed by atoms with E-state index >= 15 is 0 Å². The molecule has 0 bridgehead atoms. The fourth-order valence-electron chi connectivity index (χ4n) is 5.34. The molecular formula is C32H40O6. The van der Waals surface area contributed by atoms with Crippen molar-refractivity contribution in [1.82, 2.24) is 0 Å². The Bertz CT molecular complexity index is 1030. The van der Waals surface area contributed by atoms with Crippen molar-refractivity contribution in [2.24, 2.45) is 11.8 Å². The van der Waals surface area contributed by atoms with Gasteiger partial charge in [-0.15, -0.1) is 0 Å². The summed E-state index contributed by atoms with van der Waals surface area (Å²) >= 11 is 0. The van der Waals surface area contributed by atoms with E-state index in [-0.39, 0.29) is 31.8 Å². The standard InChI is InChI=1S/C32H40O6/c1-22(2)30(33)37-17-15-35-28-11-7-26(8-12-28)32(20-24(5)19-25(6)21-32)27-9-13-29(14-10-27)36-16-18-38-31(34)23(3)4/h7-14,24-25H,1,3,15-21H2,2,4-6H3. The summed E-state index contributed by atoms with van der Waals surface area (Å²) in [7, 11) is 0. The maximum absolute atomic E-state index is 11.5. The van der Waals surface area contributed by atoms with Crippen LogP contribution in [0.1, 0.15) is 58.1 Å². The van der Waals surface area contributed by atoms with Crippen LogP contribution in [0, 0.1) is 11.8 Å². The molecule has 2 aromatic carbocycles. The van der Waals surface area contributed by atoms with Gasteiger partial charge in [-0.1, -0.05) is 51.3 Å². The van der Waals surface area contributed by atoms with Crippen molar-refractivity contribution >= 4 is 11.9 Å². The van der Waals surface area contributed by atoms with Crippen molar-refractivity contribution in [1.29, 1.82) is 0 Å². The highest BCUT2D eigenvalue weighted by Gasteiger charge is 2.40. The molecule has 3 rings (SSSR count). The number of ether oxygens (including phenoxy) is 4. The zero-order valence-corrected chi connectivity index (χ0v) is 23.1. The van der Waals surface area contributed by atoms with Gasteiger partial charge in [0.25, 0.3) is 0 Å². The minimum Gasteiger partial charge on any atom is -0.490 e. The van der Waals surface area contributed by atoms with Gasteiger partial charge >= 0.3 is 11.9 Å². The average Bonchev–Trinajstić information content (AvgIpc) is 2.88. The Balaban J connectivity index is 1.70. The fraction of sp³-hybridized carbons (Fsp3) is 0.438. The van der Waals surface area contributed by atoms with Gasteiger partial charge < -0.3 is 18.9 Å². The summed E-state index contributed by atoms with van der Waals surface area (Å²) in [6, 6.07) is 16.6. The smallest absolute Gasteiger partial charge is 0.333 e. The minimum absolute atomic E-state index is 0.109. The zero-order valence-electron chi connectivity index (χ0n) is 23.1. The molecule has 6 nitrogen and oxygen atoms in total. The minimum atomic E-state index is -0.408. The summed E-state index contributed by atoms with van der Waals surface area (Å²) in [5.41, 5.74) is 3.16. The molecule has 0 heterocycles. The first-order chi connectivity index (χ1) is 18.1. The second-order valence-electron chi connectivity index (χ2n) is 10.5. The van der Waals surface area contributed by atoms with E-state index in [9.17, 15) is 9.59 Å². The van der Waals surface area contributed by atoms with Gasteiger partial charge in [-0.25, -0.2) is 9.59 Å². The lowest BCUT2D eigenvalue weighted by atomic mass is 9.60. The number of carbonyl (C=O) groups is 2. The molecule has 0 radical (unpaired) electrons. The largest absolute Gasteiger partial charge is 0.490 e. The van der Waals surface area contributed by atoms with Crippen LogP contribution < -0.4 is 9.47 Å². The molecule has 6 heteroatoms. The molecule has 0 aliphatic heterocycles. The van der Waals surface area contributed by atoms with Crippen molar-refractivity contribution in [3.63, 3.8) is 0 Å². The topological polar surface area (TPSA) is 71.1 Å². The summed E-state index contributed by atoms with van der Waals surface area (Å²) in [5.74, 6) is 1.85.